The van der Waals surface area contributed by atoms with Crippen molar-refractivity contribution in [3.05, 3.63) is 46.7 Å². The van der Waals surface area contributed by atoms with Crippen LogP contribution in [0.1, 0.15) is 51.9 Å². The van der Waals surface area contributed by atoms with Crippen molar-refractivity contribution in [3.63, 3.8) is 0 Å². The Morgan fingerprint density at radius 2 is 1.65 bits per heavy atom. The molecule has 1 aliphatic rings. The molecule has 1 atom stereocenters. The van der Waals surface area contributed by atoms with E-state index in [9.17, 15) is 4.79 Å². The van der Waals surface area contributed by atoms with E-state index in [0.29, 0.717) is 0 Å². The number of rotatable bonds is 1. The Bertz CT molecular complexity index is 833. The van der Waals surface area contributed by atoms with Crippen LogP contribution < -0.4 is 0 Å². The number of amides is 1. The zero-order chi connectivity index (χ0) is 17.1. The SMILES string of the molecule is CC1=C(C)C(c2c(C)n(C)c3ccccc23)N(C(C)(C)C)C1=O. The summed E-state index contributed by atoms with van der Waals surface area (Å²) in [6.45, 7) is 12.6. The summed E-state index contributed by atoms with van der Waals surface area (Å²) in [5, 5.41) is 1.24. The van der Waals surface area contributed by atoms with Crippen molar-refractivity contribution < 1.29 is 4.79 Å². The third-order valence-electron chi connectivity index (χ3n) is 5.24. The molecule has 0 fully saturated rings. The predicted molar refractivity (Wildman–Crippen MR) is 95.4 cm³/mol. The van der Waals surface area contributed by atoms with Crippen LogP contribution in [-0.2, 0) is 11.8 Å². The fourth-order valence-corrected chi connectivity index (χ4v) is 3.80. The van der Waals surface area contributed by atoms with Gasteiger partial charge in [0.1, 0.15) is 0 Å². The average Bonchev–Trinajstić information content (AvgIpc) is 2.86. The highest BCUT2D eigenvalue weighted by molar-refractivity contribution is 5.99. The van der Waals surface area contributed by atoms with E-state index in [2.05, 4.69) is 70.5 Å². The van der Waals surface area contributed by atoms with Gasteiger partial charge in [0, 0.05) is 40.3 Å². The lowest BCUT2D eigenvalue weighted by Gasteiger charge is -2.38. The lowest BCUT2D eigenvalue weighted by molar-refractivity contribution is -0.131. The van der Waals surface area contributed by atoms with Crippen LogP contribution in [0, 0.1) is 6.92 Å². The van der Waals surface area contributed by atoms with Gasteiger partial charge in [0.05, 0.1) is 6.04 Å². The topological polar surface area (TPSA) is 25.2 Å². The third kappa shape index (κ3) is 2.13. The number of aryl methyl sites for hydroxylation is 1. The Morgan fingerprint density at radius 3 is 2.26 bits per heavy atom. The summed E-state index contributed by atoms with van der Waals surface area (Å²) in [7, 11) is 2.10. The van der Waals surface area contributed by atoms with Crippen LogP contribution >= 0.6 is 0 Å². The molecule has 3 rings (SSSR count). The number of nitrogens with zero attached hydrogens (tertiary/aromatic N) is 2. The Hall–Kier alpha value is -2.03. The van der Waals surface area contributed by atoms with Gasteiger partial charge in [-0.3, -0.25) is 4.79 Å². The second-order valence-electron chi connectivity index (χ2n) is 7.63. The maximum atomic E-state index is 12.9. The van der Waals surface area contributed by atoms with Crippen LogP contribution in [0.25, 0.3) is 10.9 Å². The van der Waals surface area contributed by atoms with Gasteiger partial charge >= 0.3 is 0 Å². The normalized spacial score (nSPS) is 19.3. The summed E-state index contributed by atoms with van der Waals surface area (Å²) in [6.07, 6.45) is 0. The minimum atomic E-state index is -0.218. The van der Waals surface area contributed by atoms with Gasteiger partial charge in [-0.25, -0.2) is 0 Å². The highest BCUT2D eigenvalue weighted by atomic mass is 16.2. The first-order valence-electron chi connectivity index (χ1n) is 8.21. The Labute approximate surface area is 138 Å². The van der Waals surface area contributed by atoms with Gasteiger partial charge in [-0.05, 0) is 53.2 Å². The van der Waals surface area contributed by atoms with Crippen molar-refractivity contribution in [1.29, 1.82) is 0 Å². The van der Waals surface area contributed by atoms with Gasteiger partial charge < -0.3 is 9.47 Å². The van der Waals surface area contributed by atoms with Crippen LogP contribution in [0.3, 0.4) is 0 Å². The lowest BCUT2D eigenvalue weighted by Crippen LogP contribution is -2.45. The maximum Gasteiger partial charge on any atom is 0.250 e. The molecule has 3 heteroatoms. The standard InChI is InChI=1S/C20H26N2O/c1-12-13(2)19(23)22(20(4,5)6)18(12)17-14(3)21(7)16-11-9-8-10-15(16)17/h8-11,18H,1-7H3. The van der Waals surface area contributed by atoms with Gasteiger partial charge in [0.2, 0.25) is 0 Å². The van der Waals surface area contributed by atoms with E-state index in [1.165, 1.54) is 27.7 Å². The highest BCUT2D eigenvalue weighted by Gasteiger charge is 2.43. The Morgan fingerprint density at radius 1 is 1.04 bits per heavy atom. The summed E-state index contributed by atoms with van der Waals surface area (Å²) in [6, 6.07) is 8.49. The minimum absolute atomic E-state index is 0.0219. The molecule has 0 aliphatic carbocycles. The van der Waals surface area contributed by atoms with Gasteiger partial charge in [-0.2, -0.15) is 0 Å². The molecule has 122 valence electrons. The van der Waals surface area contributed by atoms with E-state index in [1.807, 2.05) is 11.8 Å². The minimum Gasteiger partial charge on any atom is -0.348 e. The maximum absolute atomic E-state index is 12.9. The molecule has 1 unspecified atom stereocenters. The van der Waals surface area contributed by atoms with Crippen molar-refractivity contribution >= 4 is 16.8 Å². The van der Waals surface area contributed by atoms with Gasteiger partial charge in [-0.1, -0.05) is 18.2 Å². The Kier molecular flexibility index (Phi) is 3.44. The molecule has 0 bridgehead atoms. The van der Waals surface area contributed by atoms with Crippen molar-refractivity contribution in [2.75, 3.05) is 0 Å². The number of fused-ring (bicyclic) bond motifs is 1. The average molecular weight is 310 g/mol. The zero-order valence-corrected chi connectivity index (χ0v) is 15.2. The molecule has 0 N–H and O–H groups in total. The van der Waals surface area contributed by atoms with E-state index in [0.717, 1.165) is 5.57 Å². The van der Waals surface area contributed by atoms with Crippen LogP contribution in [0.5, 0.6) is 0 Å². The lowest BCUT2D eigenvalue weighted by atomic mass is 9.93. The highest BCUT2D eigenvalue weighted by Crippen LogP contribution is 2.45. The van der Waals surface area contributed by atoms with Gasteiger partial charge in [-0.15, -0.1) is 0 Å². The molecule has 2 heterocycles. The predicted octanol–water partition coefficient (Wildman–Crippen LogP) is 4.50. The number of hydrogen-bond donors (Lipinski definition) is 0. The number of carbonyl (C=O) groups is 1. The fourth-order valence-electron chi connectivity index (χ4n) is 3.80. The second-order valence-corrected chi connectivity index (χ2v) is 7.63. The number of hydrogen-bond acceptors (Lipinski definition) is 1. The summed E-state index contributed by atoms with van der Waals surface area (Å²) in [5.41, 5.74) is 5.55. The Balaban J connectivity index is 2.32. The van der Waals surface area contributed by atoms with Crippen LogP contribution in [0.4, 0.5) is 0 Å². The first-order chi connectivity index (χ1) is 10.7. The molecule has 1 aromatic heterocycles. The number of carbonyl (C=O) groups excluding carboxylic acids is 1. The quantitative estimate of drug-likeness (QED) is 0.761. The van der Waals surface area contributed by atoms with Crippen molar-refractivity contribution in [1.82, 2.24) is 9.47 Å². The summed E-state index contributed by atoms with van der Waals surface area (Å²) < 4.78 is 2.23. The van der Waals surface area contributed by atoms with Crippen molar-refractivity contribution in [2.45, 2.75) is 53.1 Å². The molecule has 2 aromatic rings. The molecule has 1 aliphatic heterocycles. The molecule has 23 heavy (non-hydrogen) atoms. The molecule has 0 spiro atoms. The van der Waals surface area contributed by atoms with E-state index < -0.39 is 0 Å². The van der Waals surface area contributed by atoms with E-state index in [-0.39, 0.29) is 17.5 Å². The monoisotopic (exact) mass is 310 g/mol. The number of para-hydroxylation sites is 1. The molecule has 0 saturated heterocycles. The van der Waals surface area contributed by atoms with Gasteiger partial charge in [0.25, 0.3) is 5.91 Å². The number of aromatic nitrogens is 1. The number of benzene rings is 1. The van der Waals surface area contributed by atoms with Crippen molar-refractivity contribution in [3.8, 4) is 0 Å². The molecule has 3 nitrogen and oxygen atoms in total. The van der Waals surface area contributed by atoms with E-state index in [1.54, 1.807) is 0 Å². The largest absolute Gasteiger partial charge is 0.348 e. The van der Waals surface area contributed by atoms with Crippen molar-refractivity contribution in [2.24, 2.45) is 7.05 Å². The molecular formula is C20H26N2O. The van der Waals surface area contributed by atoms with E-state index in [4.69, 9.17) is 0 Å². The second kappa shape index (κ2) is 4.98. The molecule has 1 amide bonds. The first kappa shape index (κ1) is 15.9. The molecule has 0 radical (unpaired) electrons. The first-order valence-corrected chi connectivity index (χ1v) is 8.21. The van der Waals surface area contributed by atoms with Crippen LogP contribution in [-0.4, -0.2) is 20.9 Å². The van der Waals surface area contributed by atoms with Crippen LogP contribution in [0.15, 0.2) is 35.4 Å². The third-order valence-corrected chi connectivity index (χ3v) is 5.24. The fraction of sp³-hybridized carbons (Fsp3) is 0.450. The summed E-state index contributed by atoms with van der Waals surface area (Å²) in [5.74, 6) is 0.160. The van der Waals surface area contributed by atoms with Gasteiger partial charge in [0.15, 0.2) is 0 Å². The molecule has 1 aromatic carbocycles. The molecular weight excluding hydrogens is 284 g/mol. The van der Waals surface area contributed by atoms with E-state index >= 15 is 0 Å². The summed E-state index contributed by atoms with van der Waals surface area (Å²) in [4.78, 5) is 14.9. The zero-order valence-electron chi connectivity index (χ0n) is 15.2. The smallest absolute Gasteiger partial charge is 0.250 e. The summed E-state index contributed by atoms with van der Waals surface area (Å²) >= 11 is 0. The van der Waals surface area contributed by atoms with Crippen LogP contribution in [0.2, 0.25) is 0 Å². The molecule has 0 saturated carbocycles.